The van der Waals surface area contributed by atoms with E-state index in [4.69, 9.17) is 0 Å². The third kappa shape index (κ3) is 3.90. The third-order valence-corrected chi connectivity index (χ3v) is 3.95. The van der Waals surface area contributed by atoms with Gasteiger partial charge in [-0.1, -0.05) is 18.6 Å². The predicted octanol–water partition coefficient (Wildman–Crippen LogP) is 4.13. The Morgan fingerprint density at radius 2 is 2.00 bits per heavy atom. The second kappa shape index (κ2) is 6.33. The molecular formula is C15H21F2NO. The highest BCUT2D eigenvalue weighted by atomic mass is 19.3. The van der Waals surface area contributed by atoms with E-state index in [0.717, 1.165) is 11.5 Å². The van der Waals surface area contributed by atoms with Crippen LogP contribution in [0.1, 0.15) is 44.7 Å². The van der Waals surface area contributed by atoms with E-state index in [1.807, 2.05) is 6.07 Å². The van der Waals surface area contributed by atoms with Crippen LogP contribution in [0.3, 0.4) is 0 Å². The van der Waals surface area contributed by atoms with E-state index in [2.05, 4.69) is 23.9 Å². The minimum absolute atomic E-state index is 0.136. The van der Waals surface area contributed by atoms with Gasteiger partial charge in [-0.15, -0.1) is 0 Å². The number of benzene rings is 1. The van der Waals surface area contributed by atoms with Crippen LogP contribution in [0.2, 0.25) is 0 Å². The number of hydrogen-bond acceptors (Lipinski definition) is 2. The number of ether oxygens (including phenoxy) is 1. The molecule has 4 heteroatoms. The molecule has 1 aromatic carbocycles. The van der Waals surface area contributed by atoms with Gasteiger partial charge in [0.1, 0.15) is 5.75 Å². The van der Waals surface area contributed by atoms with E-state index < -0.39 is 6.61 Å². The highest BCUT2D eigenvalue weighted by molar-refractivity contribution is 5.30. The molecule has 2 nitrogen and oxygen atoms in total. The number of rotatable bonds is 6. The maximum Gasteiger partial charge on any atom is 0.387 e. The molecule has 1 fully saturated rings. The summed E-state index contributed by atoms with van der Waals surface area (Å²) in [6.07, 6.45) is 3.90. The Morgan fingerprint density at radius 3 is 2.58 bits per heavy atom. The van der Waals surface area contributed by atoms with E-state index in [0.29, 0.717) is 6.04 Å². The van der Waals surface area contributed by atoms with Gasteiger partial charge in [-0.25, -0.2) is 0 Å². The van der Waals surface area contributed by atoms with Gasteiger partial charge >= 0.3 is 6.61 Å². The van der Waals surface area contributed by atoms with Crippen LogP contribution in [0.15, 0.2) is 24.3 Å². The largest absolute Gasteiger partial charge is 0.435 e. The van der Waals surface area contributed by atoms with Gasteiger partial charge in [-0.3, -0.25) is 0 Å². The molecule has 1 aromatic rings. The van der Waals surface area contributed by atoms with E-state index in [1.54, 1.807) is 18.2 Å². The van der Waals surface area contributed by atoms with E-state index in [9.17, 15) is 8.78 Å². The lowest BCUT2D eigenvalue weighted by Gasteiger charge is -2.34. The maximum absolute atomic E-state index is 12.2. The molecule has 0 amide bonds. The molecule has 0 radical (unpaired) electrons. The molecule has 1 N–H and O–H groups in total. The molecule has 0 heterocycles. The number of alkyl halides is 2. The van der Waals surface area contributed by atoms with Gasteiger partial charge in [-0.05, 0) is 50.3 Å². The molecule has 0 saturated heterocycles. The molecule has 2 rings (SSSR count). The summed E-state index contributed by atoms with van der Waals surface area (Å²) in [7, 11) is 0. The van der Waals surface area contributed by atoms with Crippen molar-refractivity contribution in [1.82, 2.24) is 5.32 Å². The van der Waals surface area contributed by atoms with Crippen LogP contribution in [0.4, 0.5) is 8.78 Å². The molecule has 106 valence electrons. The summed E-state index contributed by atoms with van der Waals surface area (Å²) in [6, 6.07) is 7.51. The Hall–Kier alpha value is -1.16. The smallest absolute Gasteiger partial charge is 0.387 e. The zero-order valence-corrected chi connectivity index (χ0v) is 11.4. The lowest BCUT2D eigenvalue weighted by atomic mass is 9.80. The zero-order valence-electron chi connectivity index (χ0n) is 11.4. The van der Waals surface area contributed by atoms with Crippen LogP contribution in [0, 0.1) is 5.92 Å². The Bertz CT molecular complexity index is 407. The van der Waals surface area contributed by atoms with Gasteiger partial charge < -0.3 is 10.1 Å². The topological polar surface area (TPSA) is 21.3 Å². The fraction of sp³-hybridized carbons (Fsp3) is 0.600. The first-order valence-electron chi connectivity index (χ1n) is 6.87. The molecule has 19 heavy (non-hydrogen) atoms. The number of nitrogens with one attached hydrogen (secondary N) is 1. The Kier molecular flexibility index (Phi) is 4.75. The van der Waals surface area contributed by atoms with Crippen LogP contribution in [-0.2, 0) is 0 Å². The van der Waals surface area contributed by atoms with Crippen molar-refractivity contribution in [2.24, 2.45) is 5.92 Å². The number of halogens is 2. The third-order valence-electron chi connectivity index (χ3n) is 3.95. The van der Waals surface area contributed by atoms with Crippen molar-refractivity contribution < 1.29 is 13.5 Å². The van der Waals surface area contributed by atoms with Crippen molar-refractivity contribution in [3.8, 4) is 5.75 Å². The van der Waals surface area contributed by atoms with Gasteiger partial charge in [0.05, 0.1) is 0 Å². The van der Waals surface area contributed by atoms with Crippen LogP contribution in [-0.4, -0.2) is 12.7 Å². The van der Waals surface area contributed by atoms with Gasteiger partial charge in [0.2, 0.25) is 0 Å². The van der Waals surface area contributed by atoms with Gasteiger partial charge in [-0.2, -0.15) is 8.78 Å². The molecule has 1 saturated carbocycles. The molecule has 2 atom stereocenters. The summed E-state index contributed by atoms with van der Waals surface area (Å²) < 4.78 is 28.8. The zero-order chi connectivity index (χ0) is 13.8. The summed E-state index contributed by atoms with van der Waals surface area (Å²) in [4.78, 5) is 0. The lowest BCUT2D eigenvalue weighted by Crippen LogP contribution is -2.38. The molecule has 0 aromatic heterocycles. The average Bonchev–Trinajstić information content (AvgIpc) is 2.25. The Morgan fingerprint density at radius 1 is 1.26 bits per heavy atom. The summed E-state index contributed by atoms with van der Waals surface area (Å²) in [6.45, 7) is 1.48. The molecule has 0 aliphatic heterocycles. The molecule has 2 unspecified atom stereocenters. The molecule has 1 aliphatic carbocycles. The second-order valence-corrected chi connectivity index (χ2v) is 5.32. The van der Waals surface area contributed by atoms with Crippen molar-refractivity contribution in [2.45, 2.75) is 51.8 Å². The fourth-order valence-corrected chi connectivity index (χ4v) is 2.53. The molecule has 0 spiro atoms. The molecular weight excluding hydrogens is 248 g/mol. The minimum atomic E-state index is -2.77. The summed E-state index contributed by atoms with van der Waals surface area (Å²) in [5, 5.41) is 3.54. The van der Waals surface area contributed by atoms with Gasteiger partial charge in [0, 0.05) is 12.1 Å². The van der Waals surface area contributed by atoms with Crippen molar-refractivity contribution in [3.05, 3.63) is 29.8 Å². The first-order valence-corrected chi connectivity index (χ1v) is 6.87. The first-order chi connectivity index (χ1) is 9.06. The van der Waals surface area contributed by atoms with Crippen LogP contribution < -0.4 is 10.1 Å². The molecule has 1 aliphatic rings. The lowest BCUT2D eigenvalue weighted by molar-refractivity contribution is -0.0499. The molecule has 0 bridgehead atoms. The first kappa shape index (κ1) is 14.3. The summed E-state index contributed by atoms with van der Waals surface area (Å²) in [5.74, 6) is 0.973. The monoisotopic (exact) mass is 269 g/mol. The SMILES string of the molecule is CC(NC(C)C1CCC1)c1cccc(OC(F)F)c1. The van der Waals surface area contributed by atoms with Gasteiger partial charge in [0.15, 0.2) is 0 Å². The quantitative estimate of drug-likeness (QED) is 0.838. The van der Waals surface area contributed by atoms with Crippen LogP contribution in [0.25, 0.3) is 0 Å². The van der Waals surface area contributed by atoms with Crippen molar-refractivity contribution in [1.29, 1.82) is 0 Å². The number of hydrogen-bond donors (Lipinski definition) is 1. The Labute approximate surface area is 113 Å². The van der Waals surface area contributed by atoms with Crippen molar-refractivity contribution >= 4 is 0 Å². The van der Waals surface area contributed by atoms with Crippen LogP contribution >= 0.6 is 0 Å². The summed E-state index contributed by atoms with van der Waals surface area (Å²) in [5.41, 5.74) is 0.976. The van der Waals surface area contributed by atoms with E-state index >= 15 is 0 Å². The highest BCUT2D eigenvalue weighted by Gasteiger charge is 2.24. The maximum atomic E-state index is 12.2. The average molecular weight is 269 g/mol. The summed E-state index contributed by atoms with van der Waals surface area (Å²) >= 11 is 0. The van der Waals surface area contributed by atoms with E-state index in [1.165, 1.54) is 19.3 Å². The fourth-order valence-electron chi connectivity index (χ4n) is 2.53. The highest BCUT2D eigenvalue weighted by Crippen LogP contribution is 2.31. The van der Waals surface area contributed by atoms with Gasteiger partial charge in [0.25, 0.3) is 0 Å². The van der Waals surface area contributed by atoms with Crippen molar-refractivity contribution in [3.63, 3.8) is 0 Å². The second-order valence-electron chi connectivity index (χ2n) is 5.32. The van der Waals surface area contributed by atoms with E-state index in [-0.39, 0.29) is 11.8 Å². The minimum Gasteiger partial charge on any atom is -0.435 e. The predicted molar refractivity (Wildman–Crippen MR) is 71.4 cm³/mol. The standard InChI is InChI=1S/C15H21F2NO/c1-10(12-5-3-6-12)18-11(2)13-7-4-8-14(9-13)19-15(16)17/h4,7-12,15,18H,3,5-6H2,1-2H3. The van der Waals surface area contributed by atoms with Crippen LogP contribution in [0.5, 0.6) is 5.75 Å². The van der Waals surface area contributed by atoms with Crippen molar-refractivity contribution in [2.75, 3.05) is 0 Å². The normalized spacial score (nSPS) is 19.0. The Balaban J connectivity index is 1.95.